The molecule has 114 valence electrons. The van der Waals surface area contributed by atoms with Gasteiger partial charge in [0, 0.05) is 11.1 Å². The number of nitrogens with zero attached hydrogens (tertiary/aromatic N) is 1. The van der Waals surface area contributed by atoms with Crippen LogP contribution < -0.4 is 4.72 Å². The average molecular weight is 339 g/mol. The predicted octanol–water partition coefficient (Wildman–Crippen LogP) is 3.66. The molecule has 0 spiro atoms. The van der Waals surface area contributed by atoms with Crippen molar-refractivity contribution in [2.75, 3.05) is 4.72 Å². The fourth-order valence-electron chi connectivity index (χ4n) is 1.66. The van der Waals surface area contributed by atoms with Crippen LogP contribution in [0.4, 0.5) is 11.4 Å². The summed E-state index contributed by atoms with van der Waals surface area (Å²) >= 11 is 5.68. The van der Waals surface area contributed by atoms with Gasteiger partial charge < -0.3 is 0 Å². The smallest absolute Gasteiger partial charge is 0.274 e. The summed E-state index contributed by atoms with van der Waals surface area (Å²) in [7, 11) is -3.88. The highest BCUT2D eigenvalue weighted by molar-refractivity contribution is 7.95. The Bertz CT molecular complexity index is 820. The zero-order valence-electron chi connectivity index (χ0n) is 11.1. The van der Waals surface area contributed by atoms with Crippen LogP contribution in [-0.2, 0) is 10.0 Å². The molecule has 22 heavy (non-hydrogen) atoms. The molecule has 2 aromatic rings. The second-order valence-corrected chi connectivity index (χ2v) is 6.28. The van der Waals surface area contributed by atoms with Gasteiger partial charge in [-0.25, -0.2) is 8.42 Å². The van der Waals surface area contributed by atoms with Crippen molar-refractivity contribution >= 4 is 39.1 Å². The van der Waals surface area contributed by atoms with Gasteiger partial charge >= 0.3 is 0 Å². The number of rotatable bonds is 5. The summed E-state index contributed by atoms with van der Waals surface area (Å²) in [5.41, 5.74) is 0.134. The Balaban J connectivity index is 2.26. The molecule has 2 aromatic carbocycles. The van der Waals surface area contributed by atoms with E-state index >= 15 is 0 Å². The van der Waals surface area contributed by atoms with E-state index in [1.54, 1.807) is 30.3 Å². The monoisotopic (exact) mass is 338 g/mol. The van der Waals surface area contributed by atoms with E-state index in [0.717, 1.165) is 11.5 Å². The van der Waals surface area contributed by atoms with Gasteiger partial charge in [-0.2, -0.15) is 0 Å². The van der Waals surface area contributed by atoms with Gasteiger partial charge in [-0.05, 0) is 23.8 Å². The third-order valence-electron chi connectivity index (χ3n) is 2.65. The molecule has 6 nitrogen and oxygen atoms in total. The summed E-state index contributed by atoms with van der Waals surface area (Å²) < 4.78 is 26.1. The quantitative estimate of drug-likeness (QED) is 0.665. The molecule has 0 bridgehead atoms. The van der Waals surface area contributed by atoms with Crippen molar-refractivity contribution in [1.29, 1.82) is 0 Å². The number of halogens is 1. The normalized spacial score (nSPS) is 11.5. The van der Waals surface area contributed by atoms with Crippen molar-refractivity contribution < 1.29 is 13.3 Å². The molecule has 0 fully saturated rings. The number of anilines is 1. The van der Waals surface area contributed by atoms with E-state index in [0.29, 0.717) is 5.56 Å². The highest BCUT2D eigenvalue weighted by atomic mass is 35.5. The Hall–Kier alpha value is -2.38. The van der Waals surface area contributed by atoms with Gasteiger partial charge in [0.1, 0.15) is 5.69 Å². The molecule has 8 heteroatoms. The molecule has 0 amide bonds. The van der Waals surface area contributed by atoms with Crippen molar-refractivity contribution in [3.63, 3.8) is 0 Å². The highest BCUT2D eigenvalue weighted by Gasteiger charge is 2.18. The van der Waals surface area contributed by atoms with Gasteiger partial charge in [0.05, 0.1) is 10.3 Å². The number of hydrogen-bond donors (Lipinski definition) is 1. The first-order valence-electron chi connectivity index (χ1n) is 6.07. The lowest BCUT2D eigenvalue weighted by molar-refractivity contribution is -0.383. The van der Waals surface area contributed by atoms with Crippen LogP contribution in [0, 0.1) is 10.1 Å². The molecule has 0 radical (unpaired) electrons. The summed E-state index contributed by atoms with van der Waals surface area (Å²) in [4.78, 5) is 10.2. The van der Waals surface area contributed by atoms with Gasteiger partial charge in [-0.15, -0.1) is 0 Å². The first-order valence-corrected chi connectivity index (χ1v) is 8.00. The Morgan fingerprint density at radius 3 is 2.45 bits per heavy atom. The summed E-state index contributed by atoms with van der Waals surface area (Å²) in [5, 5.41) is 12.0. The molecule has 0 aromatic heterocycles. The lowest BCUT2D eigenvalue weighted by atomic mass is 10.2. The van der Waals surface area contributed by atoms with Crippen molar-refractivity contribution in [3.05, 3.63) is 74.6 Å². The molecule has 2 rings (SSSR count). The molecule has 0 aliphatic rings. The maximum atomic E-state index is 12.0. The van der Waals surface area contributed by atoms with Crippen LogP contribution in [0.2, 0.25) is 5.02 Å². The van der Waals surface area contributed by atoms with Crippen LogP contribution in [0.5, 0.6) is 0 Å². The lowest BCUT2D eigenvalue weighted by Gasteiger charge is -2.05. The minimum atomic E-state index is -3.88. The Labute approximate surface area is 132 Å². The van der Waals surface area contributed by atoms with Crippen molar-refractivity contribution in [3.8, 4) is 0 Å². The van der Waals surface area contributed by atoms with Gasteiger partial charge in [0.15, 0.2) is 0 Å². The van der Waals surface area contributed by atoms with Crippen LogP contribution in [0.25, 0.3) is 6.08 Å². The fraction of sp³-hybridized carbons (Fsp3) is 0. The van der Waals surface area contributed by atoms with Crippen LogP contribution in [-0.4, -0.2) is 13.3 Å². The average Bonchev–Trinajstić information content (AvgIpc) is 2.48. The third kappa shape index (κ3) is 4.31. The molecule has 0 heterocycles. The predicted molar refractivity (Wildman–Crippen MR) is 86.1 cm³/mol. The van der Waals surface area contributed by atoms with Crippen LogP contribution in [0.1, 0.15) is 5.56 Å². The molecular formula is C14H11ClN2O4S. The van der Waals surface area contributed by atoms with E-state index in [1.807, 2.05) is 0 Å². The number of sulfonamides is 1. The van der Waals surface area contributed by atoms with E-state index in [1.165, 1.54) is 18.2 Å². The second-order valence-electron chi connectivity index (χ2n) is 4.28. The van der Waals surface area contributed by atoms with E-state index in [9.17, 15) is 18.5 Å². The Morgan fingerprint density at radius 2 is 1.82 bits per heavy atom. The first kappa shape index (κ1) is 16.0. The molecule has 0 unspecified atom stereocenters. The maximum absolute atomic E-state index is 12.0. The van der Waals surface area contributed by atoms with E-state index in [4.69, 9.17) is 11.6 Å². The molecule has 0 saturated carbocycles. The second kappa shape index (κ2) is 6.59. The number of nitro groups is 1. The van der Waals surface area contributed by atoms with Crippen molar-refractivity contribution in [2.45, 2.75) is 0 Å². The van der Waals surface area contributed by atoms with Gasteiger partial charge in [-0.3, -0.25) is 14.8 Å². The topological polar surface area (TPSA) is 89.3 Å². The fourth-order valence-corrected chi connectivity index (χ4v) is 2.71. The third-order valence-corrected chi connectivity index (χ3v) is 3.88. The lowest BCUT2D eigenvalue weighted by Crippen LogP contribution is -2.10. The zero-order valence-corrected chi connectivity index (χ0v) is 12.7. The Morgan fingerprint density at radius 1 is 1.14 bits per heavy atom. The highest BCUT2D eigenvalue weighted by Crippen LogP contribution is 2.28. The standard InChI is InChI=1S/C14H11ClN2O4S/c15-12-6-7-13(14(10-12)17(18)19)16-22(20,21)9-8-11-4-2-1-3-5-11/h1-10,16H. The van der Waals surface area contributed by atoms with E-state index in [2.05, 4.69) is 4.72 Å². The number of nitrogens with one attached hydrogen (secondary N) is 1. The van der Waals surface area contributed by atoms with Crippen LogP contribution in [0.3, 0.4) is 0 Å². The minimum absolute atomic E-state index is 0.146. The maximum Gasteiger partial charge on any atom is 0.294 e. The Kier molecular flexibility index (Phi) is 4.79. The van der Waals surface area contributed by atoms with Gasteiger partial charge in [0.2, 0.25) is 0 Å². The van der Waals surface area contributed by atoms with Gasteiger partial charge in [-0.1, -0.05) is 41.9 Å². The van der Waals surface area contributed by atoms with Crippen molar-refractivity contribution in [1.82, 2.24) is 0 Å². The SMILES string of the molecule is O=[N+]([O-])c1cc(Cl)ccc1NS(=O)(=O)C=Cc1ccccc1. The van der Waals surface area contributed by atoms with E-state index in [-0.39, 0.29) is 10.7 Å². The molecular weight excluding hydrogens is 328 g/mol. The molecule has 0 saturated heterocycles. The van der Waals surface area contributed by atoms with E-state index < -0.39 is 20.6 Å². The van der Waals surface area contributed by atoms with Crippen LogP contribution >= 0.6 is 11.6 Å². The number of nitro benzene ring substituents is 1. The summed E-state index contributed by atoms with van der Waals surface area (Å²) in [5.74, 6) is 0. The molecule has 0 aliphatic carbocycles. The van der Waals surface area contributed by atoms with Gasteiger partial charge in [0.25, 0.3) is 15.7 Å². The molecule has 0 aliphatic heterocycles. The molecule has 1 N–H and O–H groups in total. The first-order chi connectivity index (χ1) is 10.4. The van der Waals surface area contributed by atoms with Crippen LogP contribution in [0.15, 0.2) is 53.9 Å². The summed E-state index contributed by atoms with van der Waals surface area (Å²) in [6.45, 7) is 0. The largest absolute Gasteiger partial charge is 0.294 e. The minimum Gasteiger partial charge on any atom is -0.274 e. The zero-order chi connectivity index (χ0) is 16.2. The summed E-state index contributed by atoms with van der Waals surface area (Å²) in [6, 6.07) is 12.5. The van der Waals surface area contributed by atoms with Crippen molar-refractivity contribution in [2.24, 2.45) is 0 Å². The number of hydrogen-bond acceptors (Lipinski definition) is 4. The number of benzene rings is 2. The summed E-state index contributed by atoms with van der Waals surface area (Å²) in [6.07, 6.45) is 1.39. The molecule has 0 atom stereocenters.